The summed E-state index contributed by atoms with van der Waals surface area (Å²) in [7, 11) is 0. The van der Waals surface area contributed by atoms with Crippen LogP contribution in [0.25, 0.3) is 0 Å². The molecule has 0 bridgehead atoms. The van der Waals surface area contributed by atoms with Crippen LogP contribution in [0.2, 0.25) is 0 Å². The van der Waals surface area contributed by atoms with E-state index < -0.39 is 25.2 Å². The molecule has 0 radical (unpaired) electrons. The fraction of sp³-hybridized carbons (Fsp3) is 0.545. The molecule has 1 rings (SSSR count). The number of hydrogen-bond acceptors (Lipinski definition) is 3. The van der Waals surface area contributed by atoms with Gasteiger partial charge < -0.3 is 10.5 Å². The summed E-state index contributed by atoms with van der Waals surface area (Å²) in [5, 5.41) is 0. The third-order valence-electron chi connectivity index (χ3n) is 2.30. The van der Waals surface area contributed by atoms with Crippen LogP contribution in [0.3, 0.4) is 0 Å². The van der Waals surface area contributed by atoms with Crippen molar-refractivity contribution < 1.29 is 17.9 Å². The van der Waals surface area contributed by atoms with Crippen molar-refractivity contribution in [1.29, 1.82) is 0 Å². The molecule has 0 amide bonds. The van der Waals surface area contributed by atoms with E-state index in [2.05, 4.69) is 4.98 Å². The van der Waals surface area contributed by atoms with Gasteiger partial charge in [-0.05, 0) is 12.1 Å². The SMILES string of the molecule is NCC(COCCc1ccccn1)C(F)(F)F. The summed E-state index contributed by atoms with van der Waals surface area (Å²) in [6.07, 6.45) is -2.16. The zero-order chi connectivity index (χ0) is 12.7. The van der Waals surface area contributed by atoms with Crippen molar-refractivity contribution in [2.24, 2.45) is 11.7 Å². The largest absolute Gasteiger partial charge is 0.395 e. The number of alkyl halides is 3. The summed E-state index contributed by atoms with van der Waals surface area (Å²) in [5.41, 5.74) is 5.84. The normalized spacial score (nSPS) is 13.6. The fourth-order valence-electron chi connectivity index (χ4n) is 1.24. The van der Waals surface area contributed by atoms with Crippen LogP contribution < -0.4 is 5.73 Å². The predicted octanol–water partition coefficient (Wildman–Crippen LogP) is 1.78. The molecule has 0 fully saturated rings. The average molecular weight is 248 g/mol. The van der Waals surface area contributed by atoms with Crippen molar-refractivity contribution in [2.75, 3.05) is 19.8 Å². The van der Waals surface area contributed by atoms with Crippen LogP contribution in [-0.2, 0) is 11.2 Å². The predicted molar refractivity (Wildman–Crippen MR) is 57.4 cm³/mol. The summed E-state index contributed by atoms with van der Waals surface area (Å²) in [4.78, 5) is 4.04. The average Bonchev–Trinajstić information content (AvgIpc) is 2.28. The first kappa shape index (κ1) is 13.9. The Bertz CT molecular complexity index is 316. The van der Waals surface area contributed by atoms with Gasteiger partial charge in [0.25, 0.3) is 0 Å². The summed E-state index contributed by atoms with van der Waals surface area (Å²) in [6.45, 7) is -0.635. The minimum Gasteiger partial charge on any atom is -0.380 e. The first-order valence-corrected chi connectivity index (χ1v) is 5.28. The highest BCUT2D eigenvalue weighted by atomic mass is 19.4. The van der Waals surface area contributed by atoms with Gasteiger partial charge >= 0.3 is 6.18 Å². The Balaban J connectivity index is 2.24. The van der Waals surface area contributed by atoms with E-state index in [-0.39, 0.29) is 6.61 Å². The number of halogens is 3. The Hall–Kier alpha value is -1.14. The molecule has 17 heavy (non-hydrogen) atoms. The topological polar surface area (TPSA) is 48.1 Å². The van der Waals surface area contributed by atoms with E-state index in [0.29, 0.717) is 6.42 Å². The number of ether oxygens (including phenoxy) is 1. The Morgan fingerprint density at radius 3 is 2.65 bits per heavy atom. The zero-order valence-corrected chi connectivity index (χ0v) is 9.28. The zero-order valence-electron chi connectivity index (χ0n) is 9.28. The molecule has 1 atom stereocenters. The van der Waals surface area contributed by atoms with Gasteiger partial charge in [0.1, 0.15) is 0 Å². The highest BCUT2D eigenvalue weighted by Crippen LogP contribution is 2.25. The molecule has 0 aromatic carbocycles. The lowest BCUT2D eigenvalue weighted by atomic mass is 10.1. The van der Waals surface area contributed by atoms with Gasteiger partial charge in [0.05, 0.1) is 19.1 Å². The first-order valence-electron chi connectivity index (χ1n) is 5.28. The van der Waals surface area contributed by atoms with Crippen LogP contribution in [0.15, 0.2) is 24.4 Å². The molecule has 0 spiro atoms. The van der Waals surface area contributed by atoms with Gasteiger partial charge in [-0.1, -0.05) is 6.07 Å². The molecule has 1 heterocycles. The van der Waals surface area contributed by atoms with Gasteiger partial charge in [-0.3, -0.25) is 4.98 Å². The maximum Gasteiger partial charge on any atom is 0.395 e. The third-order valence-corrected chi connectivity index (χ3v) is 2.30. The Morgan fingerprint density at radius 2 is 2.12 bits per heavy atom. The van der Waals surface area contributed by atoms with Crippen LogP contribution in [0.4, 0.5) is 13.2 Å². The lowest BCUT2D eigenvalue weighted by Crippen LogP contribution is -2.34. The third kappa shape index (κ3) is 5.14. The molecule has 0 aliphatic rings. The summed E-state index contributed by atoms with van der Waals surface area (Å²) in [5.74, 6) is -1.59. The monoisotopic (exact) mass is 248 g/mol. The molecule has 96 valence electrons. The number of aromatic nitrogens is 1. The van der Waals surface area contributed by atoms with E-state index in [1.165, 1.54) is 0 Å². The van der Waals surface area contributed by atoms with Crippen molar-refractivity contribution >= 4 is 0 Å². The fourth-order valence-corrected chi connectivity index (χ4v) is 1.24. The lowest BCUT2D eigenvalue weighted by Gasteiger charge is -2.18. The van der Waals surface area contributed by atoms with E-state index >= 15 is 0 Å². The highest BCUT2D eigenvalue weighted by Gasteiger charge is 2.38. The molecule has 1 unspecified atom stereocenters. The van der Waals surface area contributed by atoms with Crippen molar-refractivity contribution in [3.05, 3.63) is 30.1 Å². The molecular formula is C11H15F3N2O. The molecule has 0 aliphatic heterocycles. The Morgan fingerprint density at radius 1 is 1.35 bits per heavy atom. The van der Waals surface area contributed by atoms with Crippen LogP contribution in [0.1, 0.15) is 5.69 Å². The van der Waals surface area contributed by atoms with E-state index in [1.807, 2.05) is 6.07 Å². The van der Waals surface area contributed by atoms with E-state index in [0.717, 1.165) is 5.69 Å². The van der Waals surface area contributed by atoms with E-state index in [9.17, 15) is 13.2 Å². The Kier molecular flexibility index (Phi) is 5.37. The van der Waals surface area contributed by atoms with Crippen molar-refractivity contribution in [1.82, 2.24) is 4.98 Å². The highest BCUT2D eigenvalue weighted by molar-refractivity contribution is 5.03. The molecule has 0 saturated carbocycles. The van der Waals surface area contributed by atoms with Crippen molar-refractivity contribution in [2.45, 2.75) is 12.6 Å². The van der Waals surface area contributed by atoms with Gasteiger partial charge in [-0.2, -0.15) is 13.2 Å². The second-order valence-corrected chi connectivity index (χ2v) is 3.62. The molecule has 1 aromatic rings. The van der Waals surface area contributed by atoms with Crippen LogP contribution in [0.5, 0.6) is 0 Å². The van der Waals surface area contributed by atoms with Gasteiger partial charge in [0.15, 0.2) is 0 Å². The maximum atomic E-state index is 12.3. The molecule has 0 aliphatic carbocycles. The lowest BCUT2D eigenvalue weighted by molar-refractivity contribution is -0.185. The summed E-state index contributed by atoms with van der Waals surface area (Å²) < 4.78 is 41.9. The Labute approximate surface area is 97.8 Å². The second kappa shape index (κ2) is 6.56. The quantitative estimate of drug-likeness (QED) is 0.781. The van der Waals surface area contributed by atoms with Gasteiger partial charge in [0, 0.05) is 24.9 Å². The number of nitrogens with two attached hydrogens (primary N) is 1. The standard InChI is InChI=1S/C11H15F3N2O/c12-11(13,14)9(7-15)8-17-6-4-10-3-1-2-5-16-10/h1-3,5,9H,4,6-8,15H2. The van der Waals surface area contributed by atoms with Crippen molar-refractivity contribution in [3.8, 4) is 0 Å². The van der Waals surface area contributed by atoms with Gasteiger partial charge in [-0.25, -0.2) is 0 Å². The van der Waals surface area contributed by atoms with Crippen LogP contribution >= 0.6 is 0 Å². The molecule has 1 aromatic heterocycles. The molecule has 2 N–H and O–H groups in total. The maximum absolute atomic E-state index is 12.3. The molecule has 0 saturated heterocycles. The number of nitrogens with zero attached hydrogens (tertiary/aromatic N) is 1. The number of pyridine rings is 1. The van der Waals surface area contributed by atoms with Gasteiger partial charge in [-0.15, -0.1) is 0 Å². The summed E-state index contributed by atoms with van der Waals surface area (Å²) in [6, 6.07) is 5.40. The van der Waals surface area contributed by atoms with Crippen molar-refractivity contribution in [3.63, 3.8) is 0 Å². The molecule has 6 heteroatoms. The summed E-state index contributed by atoms with van der Waals surface area (Å²) >= 11 is 0. The minimum absolute atomic E-state index is 0.212. The van der Waals surface area contributed by atoms with Gasteiger partial charge in [0.2, 0.25) is 0 Å². The van der Waals surface area contributed by atoms with E-state index in [4.69, 9.17) is 10.5 Å². The minimum atomic E-state index is -4.29. The second-order valence-electron chi connectivity index (χ2n) is 3.62. The van der Waals surface area contributed by atoms with Crippen LogP contribution in [-0.4, -0.2) is 30.9 Å². The number of hydrogen-bond donors (Lipinski definition) is 1. The molecular weight excluding hydrogens is 233 g/mol. The first-order chi connectivity index (χ1) is 8.04. The smallest absolute Gasteiger partial charge is 0.380 e. The number of rotatable bonds is 6. The van der Waals surface area contributed by atoms with E-state index in [1.54, 1.807) is 18.3 Å². The molecule has 3 nitrogen and oxygen atoms in total. The van der Waals surface area contributed by atoms with Crippen LogP contribution in [0, 0.1) is 5.92 Å².